The van der Waals surface area contributed by atoms with E-state index in [1.54, 1.807) is 32.0 Å². The molecule has 6 nitrogen and oxygen atoms in total. The summed E-state index contributed by atoms with van der Waals surface area (Å²) in [6, 6.07) is 5.43. The first-order chi connectivity index (χ1) is 12.6. The van der Waals surface area contributed by atoms with E-state index in [2.05, 4.69) is 10.3 Å². The Balaban J connectivity index is 2.03. The zero-order valence-corrected chi connectivity index (χ0v) is 16.4. The second-order valence-corrected chi connectivity index (χ2v) is 7.66. The van der Waals surface area contributed by atoms with Gasteiger partial charge in [-0.15, -0.1) is 0 Å². The molecule has 2 heterocycles. The van der Waals surface area contributed by atoms with E-state index in [4.69, 9.17) is 27.9 Å². The molecule has 2 aromatic rings. The van der Waals surface area contributed by atoms with Crippen molar-refractivity contribution in [1.82, 2.24) is 10.3 Å². The Bertz CT molecular complexity index is 930. The van der Waals surface area contributed by atoms with Crippen LogP contribution in [0.2, 0.25) is 10.0 Å². The van der Waals surface area contributed by atoms with Crippen LogP contribution in [0.4, 0.5) is 0 Å². The molecule has 0 spiro atoms. The van der Waals surface area contributed by atoms with E-state index in [9.17, 15) is 14.7 Å². The third-order valence-corrected chi connectivity index (χ3v) is 5.31. The Morgan fingerprint density at radius 1 is 1.30 bits per heavy atom. The summed E-state index contributed by atoms with van der Waals surface area (Å²) in [5, 5.41) is 13.9. The average molecular weight is 409 g/mol. The molecule has 2 atom stereocenters. The highest BCUT2D eigenvalue weighted by molar-refractivity contribution is 6.43. The molecule has 0 saturated heterocycles. The van der Waals surface area contributed by atoms with Gasteiger partial charge >= 0.3 is 0 Å². The predicted molar refractivity (Wildman–Crippen MR) is 102 cm³/mol. The van der Waals surface area contributed by atoms with Gasteiger partial charge < -0.3 is 15.2 Å². The number of nitrogens with zero attached hydrogens (tertiary/aromatic N) is 1. The quantitative estimate of drug-likeness (QED) is 0.757. The SMILES string of the molecule is CC(=O)c1cnc2c(c1)C(NC(=O)c1cccc(Cl)c1Cl)C(O)C(C)(C)O2. The van der Waals surface area contributed by atoms with Gasteiger partial charge in [-0.05, 0) is 39.0 Å². The molecule has 8 heteroatoms. The molecule has 0 bridgehead atoms. The molecule has 1 aromatic heterocycles. The number of hydrogen-bond donors (Lipinski definition) is 2. The lowest BCUT2D eigenvalue weighted by atomic mass is 9.87. The highest BCUT2D eigenvalue weighted by atomic mass is 35.5. The molecule has 0 fully saturated rings. The number of aromatic nitrogens is 1. The second-order valence-electron chi connectivity index (χ2n) is 6.88. The van der Waals surface area contributed by atoms with Crippen LogP contribution in [0.25, 0.3) is 0 Å². The molecular formula is C19H18Cl2N2O4. The molecule has 1 amide bonds. The lowest BCUT2D eigenvalue weighted by Gasteiger charge is -2.41. The summed E-state index contributed by atoms with van der Waals surface area (Å²) in [5.74, 6) is -0.450. The fourth-order valence-corrected chi connectivity index (χ4v) is 3.29. The van der Waals surface area contributed by atoms with E-state index in [-0.39, 0.29) is 27.3 Å². The lowest BCUT2D eigenvalue weighted by molar-refractivity contribution is -0.0656. The topological polar surface area (TPSA) is 88.5 Å². The van der Waals surface area contributed by atoms with Gasteiger partial charge in [0.1, 0.15) is 11.7 Å². The van der Waals surface area contributed by atoms with Gasteiger partial charge in [-0.25, -0.2) is 4.98 Å². The summed E-state index contributed by atoms with van der Waals surface area (Å²) >= 11 is 12.1. The summed E-state index contributed by atoms with van der Waals surface area (Å²) in [6.45, 7) is 4.78. The molecule has 0 radical (unpaired) electrons. The zero-order valence-electron chi connectivity index (χ0n) is 14.9. The van der Waals surface area contributed by atoms with Crippen molar-refractivity contribution in [3.8, 4) is 5.88 Å². The van der Waals surface area contributed by atoms with Crippen LogP contribution in [0.5, 0.6) is 5.88 Å². The largest absolute Gasteiger partial charge is 0.469 e. The van der Waals surface area contributed by atoms with Gasteiger partial charge in [0.05, 0.1) is 21.7 Å². The third-order valence-electron chi connectivity index (χ3n) is 4.49. The monoisotopic (exact) mass is 408 g/mol. The van der Waals surface area contributed by atoms with Crippen molar-refractivity contribution < 1.29 is 19.4 Å². The van der Waals surface area contributed by atoms with Crippen molar-refractivity contribution in [2.75, 3.05) is 0 Å². The van der Waals surface area contributed by atoms with Crippen LogP contribution in [-0.2, 0) is 0 Å². The summed E-state index contributed by atoms with van der Waals surface area (Å²) in [7, 11) is 0. The van der Waals surface area contributed by atoms with E-state index in [1.807, 2.05) is 0 Å². The van der Waals surface area contributed by atoms with E-state index < -0.39 is 23.7 Å². The van der Waals surface area contributed by atoms with Crippen molar-refractivity contribution in [2.24, 2.45) is 0 Å². The van der Waals surface area contributed by atoms with Gasteiger partial charge in [0.25, 0.3) is 5.91 Å². The fraction of sp³-hybridized carbons (Fsp3) is 0.316. The molecule has 2 N–H and O–H groups in total. The van der Waals surface area contributed by atoms with Crippen LogP contribution in [0.15, 0.2) is 30.5 Å². The Kier molecular flexibility index (Phi) is 5.16. The molecule has 3 rings (SSSR count). The highest BCUT2D eigenvalue weighted by Gasteiger charge is 2.44. The van der Waals surface area contributed by atoms with E-state index in [1.165, 1.54) is 19.2 Å². The smallest absolute Gasteiger partial charge is 0.253 e. The minimum atomic E-state index is -1.09. The second kappa shape index (κ2) is 7.11. The Morgan fingerprint density at radius 2 is 2.00 bits per heavy atom. The number of amides is 1. The summed E-state index contributed by atoms with van der Waals surface area (Å²) in [6.07, 6.45) is 0.317. The Morgan fingerprint density at radius 3 is 2.67 bits per heavy atom. The van der Waals surface area contributed by atoms with Crippen molar-refractivity contribution in [2.45, 2.75) is 38.5 Å². The molecule has 27 heavy (non-hydrogen) atoms. The average Bonchev–Trinajstić information content (AvgIpc) is 2.60. The van der Waals surface area contributed by atoms with E-state index in [0.717, 1.165) is 0 Å². The number of aliphatic hydroxyl groups is 1. The van der Waals surface area contributed by atoms with Gasteiger partial charge in [0.15, 0.2) is 5.78 Å². The molecule has 1 aliphatic heterocycles. The summed E-state index contributed by atoms with van der Waals surface area (Å²) < 4.78 is 5.76. The molecule has 0 aliphatic carbocycles. The summed E-state index contributed by atoms with van der Waals surface area (Å²) in [5.41, 5.74) is -0.0587. The van der Waals surface area contributed by atoms with Crippen LogP contribution in [-0.4, -0.2) is 33.5 Å². The van der Waals surface area contributed by atoms with Crippen molar-refractivity contribution in [3.63, 3.8) is 0 Å². The minimum Gasteiger partial charge on any atom is -0.469 e. The zero-order chi connectivity index (χ0) is 19.9. The van der Waals surface area contributed by atoms with Gasteiger partial charge in [-0.3, -0.25) is 9.59 Å². The number of nitrogens with one attached hydrogen (secondary N) is 1. The standard InChI is InChI=1S/C19H18Cl2N2O4/c1-9(24)10-7-12-15(16(25)19(2,3)27-18(12)22-8-10)23-17(26)11-5-4-6-13(20)14(11)21/h4-8,15-16,25H,1-3H3,(H,23,26). The first kappa shape index (κ1) is 19.6. The number of pyridine rings is 1. The number of carbonyl (C=O) groups excluding carboxylic acids is 2. The van der Waals surface area contributed by atoms with Crippen LogP contribution < -0.4 is 10.1 Å². The fourth-order valence-electron chi connectivity index (χ4n) is 2.91. The van der Waals surface area contributed by atoms with Crippen LogP contribution >= 0.6 is 23.2 Å². The molecular weight excluding hydrogens is 391 g/mol. The first-order valence-corrected chi connectivity index (χ1v) is 9.00. The molecule has 1 aliphatic rings. The van der Waals surface area contributed by atoms with Gasteiger partial charge in [-0.1, -0.05) is 29.3 Å². The first-order valence-electron chi connectivity index (χ1n) is 8.24. The predicted octanol–water partition coefficient (Wildman–Crippen LogP) is 3.59. The number of fused-ring (bicyclic) bond motifs is 1. The number of rotatable bonds is 3. The molecule has 2 unspecified atom stereocenters. The van der Waals surface area contributed by atoms with Crippen LogP contribution in [0, 0.1) is 0 Å². The number of aliphatic hydroxyl groups excluding tert-OH is 1. The maximum atomic E-state index is 12.8. The van der Waals surface area contributed by atoms with Crippen LogP contribution in [0.1, 0.15) is 53.1 Å². The number of halogens is 2. The normalized spacial score (nSPS) is 20.4. The number of Topliss-reactive ketones (excluding diaryl/α,β-unsaturated/α-hetero) is 1. The minimum absolute atomic E-state index is 0.119. The maximum Gasteiger partial charge on any atom is 0.253 e. The highest BCUT2D eigenvalue weighted by Crippen LogP contribution is 2.39. The van der Waals surface area contributed by atoms with E-state index >= 15 is 0 Å². The molecule has 1 aromatic carbocycles. The number of ketones is 1. The number of ether oxygens (including phenoxy) is 1. The third kappa shape index (κ3) is 3.65. The van der Waals surface area contributed by atoms with Crippen molar-refractivity contribution in [1.29, 1.82) is 0 Å². The van der Waals surface area contributed by atoms with Gasteiger partial charge in [-0.2, -0.15) is 0 Å². The molecule has 142 valence electrons. The number of benzene rings is 1. The Labute approximate surface area is 166 Å². The molecule has 0 saturated carbocycles. The lowest BCUT2D eigenvalue weighted by Crippen LogP contribution is -2.53. The van der Waals surface area contributed by atoms with Crippen molar-refractivity contribution >= 4 is 34.9 Å². The van der Waals surface area contributed by atoms with Crippen LogP contribution in [0.3, 0.4) is 0 Å². The number of carbonyl (C=O) groups is 2. The number of hydrogen-bond acceptors (Lipinski definition) is 5. The van der Waals surface area contributed by atoms with Gasteiger partial charge in [0, 0.05) is 17.3 Å². The Hall–Kier alpha value is -2.15. The van der Waals surface area contributed by atoms with Gasteiger partial charge in [0.2, 0.25) is 5.88 Å². The maximum absolute atomic E-state index is 12.8. The summed E-state index contributed by atoms with van der Waals surface area (Å²) in [4.78, 5) is 28.7. The van der Waals surface area contributed by atoms with E-state index in [0.29, 0.717) is 11.1 Å². The van der Waals surface area contributed by atoms with Crippen molar-refractivity contribution in [3.05, 3.63) is 57.2 Å².